The van der Waals surface area contributed by atoms with Crippen LogP contribution < -0.4 is 5.32 Å². The number of phosphoric ester groups is 1. The molecule has 206 valence electrons. The zero-order chi connectivity index (χ0) is 26.5. The summed E-state index contributed by atoms with van der Waals surface area (Å²) >= 11 is 0. The third-order valence-corrected chi connectivity index (χ3v) is 6.15. The number of aliphatic hydroxyl groups excluding tert-OH is 1. The van der Waals surface area contributed by atoms with Crippen LogP contribution in [0.25, 0.3) is 0 Å². The molecule has 0 aliphatic rings. The average Bonchev–Trinajstić information content (AvgIpc) is 2.79. The van der Waals surface area contributed by atoms with Gasteiger partial charge in [0, 0.05) is 13.3 Å². The van der Waals surface area contributed by atoms with E-state index in [9.17, 15) is 34.1 Å². The van der Waals surface area contributed by atoms with Crippen LogP contribution in [0, 0.1) is 0 Å². The van der Waals surface area contributed by atoms with Gasteiger partial charge >= 0.3 is 19.8 Å². The fraction of sp³-hybridized carbons (Fsp3) is 0.870. The summed E-state index contributed by atoms with van der Waals surface area (Å²) in [4.78, 5) is 43.7. The normalized spacial score (nSPS) is 14.6. The van der Waals surface area contributed by atoms with E-state index in [1.54, 1.807) is 0 Å². The van der Waals surface area contributed by atoms with E-state index in [1.165, 1.54) is 51.4 Å². The number of phosphoric acid groups is 1. The summed E-state index contributed by atoms with van der Waals surface area (Å²) in [7, 11) is -4.70. The van der Waals surface area contributed by atoms with Gasteiger partial charge in [-0.3, -0.25) is 18.6 Å². The van der Waals surface area contributed by atoms with Crippen LogP contribution in [0.5, 0.6) is 0 Å². The van der Waals surface area contributed by atoms with Gasteiger partial charge in [0.25, 0.3) is 0 Å². The zero-order valence-electron chi connectivity index (χ0n) is 21.1. The number of esters is 1. The van der Waals surface area contributed by atoms with Gasteiger partial charge in [-0.1, -0.05) is 77.6 Å². The van der Waals surface area contributed by atoms with E-state index in [2.05, 4.69) is 26.0 Å². The molecule has 0 rings (SSSR count). The SMILES string of the molecule is CCCCCCCCCCCCCCC(=O)NC(COP(=O)(O)OCC(O)COC(C)=O)C(=O)O. The first-order valence-corrected chi connectivity index (χ1v) is 14.0. The topological polar surface area (TPSA) is 169 Å². The number of rotatable bonds is 23. The Balaban J connectivity index is 4.01. The maximum atomic E-state index is 12.0. The molecule has 0 aromatic carbocycles. The smallest absolute Gasteiger partial charge is 0.472 e. The van der Waals surface area contributed by atoms with Crippen LogP contribution in [0.4, 0.5) is 0 Å². The van der Waals surface area contributed by atoms with Gasteiger partial charge in [-0.05, 0) is 6.42 Å². The van der Waals surface area contributed by atoms with Crippen LogP contribution in [0.1, 0.15) is 97.3 Å². The van der Waals surface area contributed by atoms with E-state index in [1.807, 2.05) is 0 Å². The third kappa shape index (κ3) is 21.5. The van der Waals surface area contributed by atoms with Gasteiger partial charge in [0.15, 0.2) is 6.04 Å². The minimum Gasteiger partial charge on any atom is -0.480 e. The number of hydrogen-bond donors (Lipinski definition) is 4. The van der Waals surface area contributed by atoms with Crippen LogP contribution in [0.2, 0.25) is 0 Å². The highest BCUT2D eigenvalue weighted by atomic mass is 31.2. The average molecular weight is 526 g/mol. The van der Waals surface area contributed by atoms with Gasteiger partial charge in [-0.2, -0.15) is 0 Å². The molecule has 0 radical (unpaired) electrons. The molecule has 11 nitrogen and oxygen atoms in total. The van der Waals surface area contributed by atoms with Crippen LogP contribution >= 0.6 is 7.82 Å². The summed E-state index contributed by atoms with van der Waals surface area (Å²) in [6, 6.07) is -1.53. The van der Waals surface area contributed by atoms with Crippen LogP contribution in [-0.4, -0.2) is 64.9 Å². The van der Waals surface area contributed by atoms with E-state index in [-0.39, 0.29) is 6.42 Å². The number of aliphatic hydroxyl groups is 1. The molecule has 3 unspecified atom stereocenters. The van der Waals surface area contributed by atoms with Crippen molar-refractivity contribution in [1.29, 1.82) is 0 Å². The Morgan fingerprint density at radius 1 is 0.829 bits per heavy atom. The molecular weight excluding hydrogens is 481 g/mol. The number of aliphatic carboxylic acids is 1. The summed E-state index contributed by atoms with van der Waals surface area (Å²) in [5.74, 6) is -2.56. The van der Waals surface area contributed by atoms with Crippen molar-refractivity contribution in [3.63, 3.8) is 0 Å². The molecule has 4 N–H and O–H groups in total. The van der Waals surface area contributed by atoms with Crippen molar-refractivity contribution in [3.8, 4) is 0 Å². The Hall–Kier alpha value is -1.52. The lowest BCUT2D eigenvalue weighted by Gasteiger charge is -2.18. The van der Waals surface area contributed by atoms with Crippen molar-refractivity contribution >= 4 is 25.7 Å². The quantitative estimate of drug-likeness (QED) is 0.0876. The van der Waals surface area contributed by atoms with E-state index in [0.717, 1.165) is 26.2 Å². The molecule has 0 heterocycles. The van der Waals surface area contributed by atoms with Crippen molar-refractivity contribution in [2.24, 2.45) is 0 Å². The Bertz CT molecular complexity index is 646. The summed E-state index contributed by atoms with van der Waals surface area (Å²) < 4.78 is 25.5. The second-order valence-corrected chi connectivity index (χ2v) is 10.1. The number of carbonyl (C=O) groups is 3. The van der Waals surface area contributed by atoms with Crippen molar-refractivity contribution < 1.29 is 47.8 Å². The maximum Gasteiger partial charge on any atom is 0.472 e. The third-order valence-electron chi connectivity index (χ3n) is 5.20. The van der Waals surface area contributed by atoms with Crippen molar-refractivity contribution in [3.05, 3.63) is 0 Å². The molecule has 35 heavy (non-hydrogen) atoms. The van der Waals surface area contributed by atoms with Gasteiger partial charge in [0.05, 0.1) is 13.2 Å². The van der Waals surface area contributed by atoms with Crippen LogP contribution in [-0.2, 0) is 32.7 Å². The van der Waals surface area contributed by atoms with E-state index in [0.29, 0.717) is 6.42 Å². The van der Waals surface area contributed by atoms with Gasteiger partial charge in [0.2, 0.25) is 5.91 Å². The van der Waals surface area contributed by atoms with Crippen molar-refractivity contribution in [2.75, 3.05) is 19.8 Å². The number of amides is 1. The van der Waals surface area contributed by atoms with Crippen molar-refractivity contribution in [2.45, 2.75) is 109 Å². The molecule has 0 aliphatic heterocycles. The highest BCUT2D eigenvalue weighted by Gasteiger charge is 2.28. The molecule has 0 bridgehead atoms. The summed E-state index contributed by atoms with van der Waals surface area (Å²) in [6.45, 7) is 1.42. The fourth-order valence-corrected chi connectivity index (χ4v) is 3.99. The molecule has 1 amide bonds. The summed E-state index contributed by atoms with van der Waals surface area (Å²) in [6.07, 6.45) is 12.6. The van der Waals surface area contributed by atoms with Gasteiger partial charge < -0.3 is 25.2 Å². The molecule has 3 atom stereocenters. The number of carboxylic acids is 1. The van der Waals surface area contributed by atoms with Crippen LogP contribution in [0.15, 0.2) is 0 Å². The predicted octanol–water partition coefficient (Wildman–Crippen LogP) is 3.70. The zero-order valence-corrected chi connectivity index (χ0v) is 22.0. The lowest BCUT2D eigenvalue weighted by molar-refractivity contribution is -0.144. The fourth-order valence-electron chi connectivity index (χ4n) is 3.22. The lowest BCUT2D eigenvalue weighted by atomic mass is 10.0. The minimum absolute atomic E-state index is 0.150. The Morgan fingerprint density at radius 3 is 1.80 bits per heavy atom. The first-order chi connectivity index (χ1) is 16.6. The largest absolute Gasteiger partial charge is 0.480 e. The van der Waals surface area contributed by atoms with E-state index < -0.39 is 57.6 Å². The Labute approximate surface area is 208 Å². The highest BCUT2D eigenvalue weighted by molar-refractivity contribution is 7.47. The molecule has 0 aromatic heterocycles. The first kappa shape index (κ1) is 33.5. The second-order valence-electron chi connectivity index (χ2n) is 8.61. The molecule has 12 heteroatoms. The Morgan fingerprint density at radius 2 is 1.31 bits per heavy atom. The van der Waals surface area contributed by atoms with Gasteiger partial charge in [0.1, 0.15) is 12.7 Å². The molecular formula is C23H44NO10P. The minimum atomic E-state index is -4.70. The van der Waals surface area contributed by atoms with Gasteiger partial charge in [-0.15, -0.1) is 0 Å². The van der Waals surface area contributed by atoms with E-state index >= 15 is 0 Å². The maximum absolute atomic E-state index is 12.0. The standard InChI is InChI=1S/C23H44NO10P/c1-3-4-5-6-7-8-9-10-11-12-13-14-15-22(27)24-21(23(28)29)18-34-35(30,31)33-17-20(26)16-32-19(2)25/h20-21,26H,3-18H2,1-2H3,(H,24,27)(H,28,29)(H,30,31). The van der Waals surface area contributed by atoms with Crippen molar-refractivity contribution in [1.82, 2.24) is 5.32 Å². The van der Waals surface area contributed by atoms with E-state index in [4.69, 9.17) is 0 Å². The molecule has 0 spiro atoms. The molecule has 0 saturated carbocycles. The number of nitrogens with one attached hydrogen (secondary N) is 1. The van der Waals surface area contributed by atoms with Gasteiger partial charge in [-0.25, -0.2) is 9.36 Å². The summed E-state index contributed by atoms with van der Waals surface area (Å²) in [5, 5.41) is 21.0. The monoisotopic (exact) mass is 525 g/mol. The molecule has 0 aliphatic carbocycles. The molecule has 0 saturated heterocycles. The lowest BCUT2D eigenvalue weighted by Crippen LogP contribution is -2.43. The number of unbranched alkanes of at least 4 members (excludes halogenated alkanes) is 11. The highest BCUT2D eigenvalue weighted by Crippen LogP contribution is 2.43. The predicted molar refractivity (Wildman–Crippen MR) is 130 cm³/mol. The number of ether oxygens (including phenoxy) is 1. The second kappa shape index (κ2) is 20.7. The number of carbonyl (C=O) groups excluding carboxylic acids is 2. The summed E-state index contributed by atoms with van der Waals surface area (Å²) in [5.41, 5.74) is 0. The number of hydrogen-bond acceptors (Lipinski definition) is 8. The first-order valence-electron chi connectivity index (χ1n) is 12.5. The molecule has 0 aromatic rings. The number of carboxylic acid groups (broad SMARTS) is 1. The molecule has 0 fully saturated rings. The van der Waals surface area contributed by atoms with Crippen LogP contribution in [0.3, 0.4) is 0 Å². The Kier molecular flexibility index (Phi) is 19.8.